The minimum atomic E-state index is -4.84. The summed E-state index contributed by atoms with van der Waals surface area (Å²) in [4.78, 5) is 11.4. The van der Waals surface area contributed by atoms with Crippen molar-refractivity contribution in [2.75, 3.05) is 6.61 Å². The summed E-state index contributed by atoms with van der Waals surface area (Å²) in [6, 6.07) is 10.4. The molecule has 0 spiro atoms. The lowest BCUT2D eigenvalue weighted by molar-refractivity contribution is -0.271. The van der Waals surface area contributed by atoms with Gasteiger partial charge in [-0.25, -0.2) is 4.39 Å². The van der Waals surface area contributed by atoms with Gasteiger partial charge in [0.25, 0.3) is 0 Å². The molecule has 3 N–H and O–H groups in total. The van der Waals surface area contributed by atoms with Crippen molar-refractivity contribution in [3.63, 3.8) is 0 Å². The summed E-state index contributed by atoms with van der Waals surface area (Å²) in [6.07, 6.45) is 3.76. The molecule has 0 bridgehead atoms. The van der Waals surface area contributed by atoms with Gasteiger partial charge in [0.2, 0.25) is 0 Å². The van der Waals surface area contributed by atoms with E-state index in [1.165, 1.54) is 31.2 Å². The first-order valence-electron chi connectivity index (χ1n) is 16.3. The molecule has 0 saturated heterocycles. The maximum Gasteiger partial charge on any atom is 0.421 e. The molecule has 8 heteroatoms. The van der Waals surface area contributed by atoms with Crippen LogP contribution in [0, 0.1) is 25.6 Å². The third-order valence-electron chi connectivity index (χ3n) is 6.95. The highest BCUT2D eigenvalue weighted by atomic mass is 19.4. The Morgan fingerprint density at radius 2 is 1.54 bits per heavy atom. The van der Waals surface area contributed by atoms with E-state index in [0.717, 1.165) is 16.7 Å². The molecule has 2 aromatic rings. The van der Waals surface area contributed by atoms with Crippen LogP contribution in [0.4, 0.5) is 17.6 Å². The summed E-state index contributed by atoms with van der Waals surface area (Å²) >= 11 is 0. The van der Waals surface area contributed by atoms with Crippen molar-refractivity contribution in [1.29, 1.82) is 0 Å². The molecule has 2 unspecified atom stereocenters. The van der Waals surface area contributed by atoms with Gasteiger partial charge in [-0.2, -0.15) is 13.2 Å². The molecule has 1 aliphatic carbocycles. The largest absolute Gasteiger partial charge is 0.494 e. The Kier molecular flexibility index (Phi) is 23.4. The number of carbonyl (C=O) groups is 1. The number of ketones is 1. The number of hydrogen-bond donors (Lipinski definition) is 2. The van der Waals surface area contributed by atoms with Gasteiger partial charge in [0.1, 0.15) is 17.4 Å². The van der Waals surface area contributed by atoms with E-state index in [1.807, 2.05) is 60.6 Å². The van der Waals surface area contributed by atoms with Crippen LogP contribution >= 0.6 is 0 Å². The second-order valence-electron chi connectivity index (χ2n) is 10.1. The number of rotatable bonds is 9. The number of carbonyl (C=O) groups excluding carboxylic acids is 1. The van der Waals surface area contributed by atoms with E-state index in [2.05, 4.69) is 6.08 Å². The van der Waals surface area contributed by atoms with Crippen LogP contribution in [0.3, 0.4) is 0 Å². The fraction of sp³-hybridized carbons (Fsp3) is 0.500. The van der Waals surface area contributed by atoms with E-state index in [1.54, 1.807) is 38.1 Å². The van der Waals surface area contributed by atoms with Crippen LogP contribution in [0.25, 0.3) is 0 Å². The summed E-state index contributed by atoms with van der Waals surface area (Å²) in [5, 5.41) is 10.6. The number of Topliss-reactive ketones (excluding diaryl/α,β-unsaturated/α-hetero) is 1. The number of nitrogens with two attached hydrogens (primary N) is 1. The summed E-state index contributed by atoms with van der Waals surface area (Å²) < 4.78 is 59.3. The van der Waals surface area contributed by atoms with Crippen molar-refractivity contribution in [3.8, 4) is 0 Å². The third-order valence-corrected chi connectivity index (χ3v) is 6.95. The van der Waals surface area contributed by atoms with Crippen LogP contribution in [-0.4, -0.2) is 23.7 Å². The van der Waals surface area contributed by atoms with Crippen LogP contribution in [0.2, 0.25) is 0 Å². The van der Waals surface area contributed by atoms with Gasteiger partial charge in [-0.05, 0) is 87.1 Å². The van der Waals surface area contributed by atoms with Gasteiger partial charge in [0, 0.05) is 25.3 Å². The van der Waals surface area contributed by atoms with Crippen molar-refractivity contribution in [2.24, 2.45) is 11.7 Å². The molecule has 260 valence electrons. The predicted octanol–water partition coefficient (Wildman–Crippen LogP) is 10.6. The molecule has 0 radical (unpaired) electrons. The molecule has 0 fully saturated rings. The Morgan fingerprint density at radius 1 is 0.957 bits per heavy atom. The van der Waals surface area contributed by atoms with Crippen molar-refractivity contribution >= 4 is 5.78 Å². The Morgan fingerprint density at radius 3 is 2.04 bits per heavy atom. The lowest BCUT2D eigenvalue weighted by Gasteiger charge is -2.31. The highest BCUT2D eigenvalue weighted by molar-refractivity contribution is 5.75. The Labute approximate surface area is 275 Å². The number of allylic oxidation sites excluding steroid dienone is 5. The maximum absolute atomic E-state index is 13.8. The van der Waals surface area contributed by atoms with Gasteiger partial charge >= 0.3 is 6.18 Å². The van der Waals surface area contributed by atoms with Crippen molar-refractivity contribution in [2.45, 2.75) is 113 Å². The standard InChI is InChI=1S/C25H31F3O3.C7H8FN.3C2H6/c1-17-9-12-22(15-19(17)3)24(30,25(26,27)28)13-14-31-23-8-6-5-7-18(2)21(16-23)11-10-20(4)29;8-7-3-1-6(5-9)2-4-7;3*1-2/h6-9,12,15-16,21,30H,5,10-11,13-14H2,1-4H3;1-4H,5,9H2;3*1-2H3/b8-6?,18-7-,23-16?;;;;. The van der Waals surface area contributed by atoms with E-state index in [4.69, 9.17) is 10.5 Å². The van der Waals surface area contributed by atoms with E-state index in [9.17, 15) is 27.5 Å². The normalized spacial score (nSPS) is 16.2. The molecule has 4 nitrogen and oxygen atoms in total. The average Bonchev–Trinajstić information content (AvgIpc) is 3.04. The topological polar surface area (TPSA) is 72.5 Å². The zero-order valence-corrected chi connectivity index (χ0v) is 29.5. The molecule has 3 rings (SSSR count). The molecule has 2 atom stereocenters. The quantitative estimate of drug-likeness (QED) is 0.209. The number of alkyl halides is 3. The molecule has 2 aromatic carbocycles. The van der Waals surface area contributed by atoms with Crippen molar-refractivity contribution in [1.82, 2.24) is 0 Å². The van der Waals surface area contributed by atoms with Gasteiger partial charge in [0.15, 0.2) is 5.60 Å². The minimum Gasteiger partial charge on any atom is -0.494 e. The average molecular weight is 652 g/mol. The lowest BCUT2D eigenvalue weighted by atomic mass is 9.88. The Hall–Kier alpha value is -3.23. The highest BCUT2D eigenvalue weighted by Gasteiger charge is 2.54. The van der Waals surface area contributed by atoms with Crippen LogP contribution < -0.4 is 5.73 Å². The first-order valence-corrected chi connectivity index (χ1v) is 16.3. The Balaban J connectivity index is 0. The maximum atomic E-state index is 13.8. The highest BCUT2D eigenvalue weighted by Crippen LogP contribution is 2.42. The molecule has 0 aliphatic heterocycles. The summed E-state index contributed by atoms with van der Waals surface area (Å²) in [6.45, 7) is 19.2. The SMILES string of the molecule is CC.CC.CC.CC(=O)CCC1C=C(OCCC(O)(c2ccc(C)c(C)c2)C(F)(F)F)C=CC/C=C\1C.NCc1ccc(F)cc1. The predicted molar refractivity (Wildman–Crippen MR) is 184 cm³/mol. The summed E-state index contributed by atoms with van der Waals surface area (Å²) in [5.41, 5.74) is 5.68. The molecular formula is C38H57F4NO3. The zero-order chi connectivity index (χ0) is 35.9. The number of halogens is 4. The van der Waals surface area contributed by atoms with Crippen molar-refractivity contribution in [3.05, 3.63) is 106 Å². The van der Waals surface area contributed by atoms with Gasteiger partial charge in [-0.3, -0.25) is 0 Å². The number of aliphatic hydroxyl groups is 1. The second-order valence-corrected chi connectivity index (χ2v) is 10.1. The Bertz CT molecular complexity index is 1220. The number of aryl methyl sites for hydroxylation is 2. The summed E-state index contributed by atoms with van der Waals surface area (Å²) in [5.74, 6) is 0.299. The smallest absolute Gasteiger partial charge is 0.421 e. The minimum absolute atomic E-state index is 0.0231. The molecule has 0 aromatic heterocycles. The summed E-state index contributed by atoms with van der Waals surface area (Å²) in [7, 11) is 0. The van der Waals surface area contributed by atoms with Gasteiger partial charge < -0.3 is 20.4 Å². The number of hydrogen-bond acceptors (Lipinski definition) is 4. The monoisotopic (exact) mass is 651 g/mol. The van der Waals surface area contributed by atoms with Crippen LogP contribution in [0.1, 0.15) is 103 Å². The number of benzene rings is 2. The van der Waals surface area contributed by atoms with Gasteiger partial charge in [-0.15, -0.1) is 0 Å². The fourth-order valence-electron chi connectivity index (χ4n) is 4.13. The van der Waals surface area contributed by atoms with Crippen molar-refractivity contribution < 1.29 is 32.2 Å². The number of ether oxygens (including phenoxy) is 1. The third kappa shape index (κ3) is 15.9. The second kappa shape index (κ2) is 24.0. The first kappa shape index (κ1) is 44.9. The molecule has 0 heterocycles. The van der Waals surface area contributed by atoms with Crippen LogP contribution in [0.5, 0.6) is 0 Å². The fourth-order valence-corrected chi connectivity index (χ4v) is 4.13. The molecule has 46 heavy (non-hydrogen) atoms. The zero-order valence-electron chi connectivity index (χ0n) is 29.5. The van der Waals surface area contributed by atoms with Crippen LogP contribution in [0.15, 0.2) is 78.1 Å². The first-order chi connectivity index (χ1) is 21.8. The van der Waals surface area contributed by atoms with Gasteiger partial charge in [-0.1, -0.05) is 89.6 Å². The molecule has 0 saturated carbocycles. The van der Waals surface area contributed by atoms with E-state index < -0.39 is 18.2 Å². The molecular weight excluding hydrogens is 594 g/mol. The van der Waals surface area contributed by atoms with Crippen LogP contribution in [-0.2, 0) is 21.7 Å². The molecule has 0 amide bonds. The van der Waals surface area contributed by atoms with E-state index in [-0.39, 0.29) is 29.7 Å². The molecule has 1 aliphatic rings. The van der Waals surface area contributed by atoms with Gasteiger partial charge in [0.05, 0.1) is 6.61 Å². The van der Waals surface area contributed by atoms with E-state index >= 15 is 0 Å². The lowest BCUT2D eigenvalue weighted by Crippen LogP contribution is -2.43. The van der Waals surface area contributed by atoms with E-state index in [0.29, 0.717) is 37.1 Å².